The Bertz CT molecular complexity index is 507. The SMILES string of the molecule is CCCNC(c1ccsc1)c1ccc(C)cc1OC. The van der Waals surface area contributed by atoms with Crippen molar-refractivity contribution in [2.75, 3.05) is 13.7 Å². The third-order valence-corrected chi connectivity index (χ3v) is 3.88. The van der Waals surface area contributed by atoms with Gasteiger partial charge in [0.25, 0.3) is 0 Å². The standard InChI is InChI=1S/C16H21NOS/c1-4-8-17-16(13-7-9-19-11-13)14-6-5-12(2)10-15(14)18-3/h5-7,9-11,16-17H,4,8H2,1-3H3. The van der Waals surface area contributed by atoms with Gasteiger partial charge in [0.1, 0.15) is 5.75 Å². The molecule has 0 aliphatic rings. The molecule has 1 aromatic heterocycles. The fourth-order valence-electron chi connectivity index (χ4n) is 2.19. The molecule has 0 amide bonds. The zero-order chi connectivity index (χ0) is 13.7. The summed E-state index contributed by atoms with van der Waals surface area (Å²) in [6, 6.07) is 8.80. The molecule has 2 aromatic rings. The Hall–Kier alpha value is -1.32. The first-order valence-electron chi connectivity index (χ1n) is 6.66. The molecule has 2 nitrogen and oxygen atoms in total. The van der Waals surface area contributed by atoms with E-state index < -0.39 is 0 Å². The van der Waals surface area contributed by atoms with Crippen LogP contribution >= 0.6 is 11.3 Å². The van der Waals surface area contributed by atoms with Crippen LogP contribution in [0.3, 0.4) is 0 Å². The average molecular weight is 275 g/mol. The maximum Gasteiger partial charge on any atom is 0.124 e. The molecule has 3 heteroatoms. The summed E-state index contributed by atoms with van der Waals surface area (Å²) in [6.07, 6.45) is 1.12. The summed E-state index contributed by atoms with van der Waals surface area (Å²) >= 11 is 1.73. The van der Waals surface area contributed by atoms with E-state index in [2.05, 4.69) is 54.2 Å². The van der Waals surface area contributed by atoms with Crippen LogP contribution in [0.1, 0.15) is 36.1 Å². The zero-order valence-electron chi connectivity index (χ0n) is 11.8. The van der Waals surface area contributed by atoms with E-state index in [0.29, 0.717) is 0 Å². The summed E-state index contributed by atoms with van der Waals surface area (Å²) in [4.78, 5) is 0. The van der Waals surface area contributed by atoms with Crippen molar-refractivity contribution >= 4 is 11.3 Å². The Balaban J connectivity index is 2.37. The molecule has 1 heterocycles. The molecule has 0 fully saturated rings. The molecule has 1 unspecified atom stereocenters. The Morgan fingerprint density at radius 1 is 1.32 bits per heavy atom. The van der Waals surface area contributed by atoms with E-state index in [-0.39, 0.29) is 6.04 Å². The predicted octanol–water partition coefficient (Wildman–Crippen LogP) is 4.15. The number of methoxy groups -OCH3 is 1. The molecule has 0 radical (unpaired) electrons. The first-order valence-corrected chi connectivity index (χ1v) is 7.60. The topological polar surface area (TPSA) is 21.3 Å². The lowest BCUT2D eigenvalue weighted by atomic mass is 9.98. The fourth-order valence-corrected chi connectivity index (χ4v) is 2.88. The van der Waals surface area contributed by atoms with Crippen LogP contribution in [0.5, 0.6) is 5.75 Å². The van der Waals surface area contributed by atoms with Crippen LogP contribution in [0.4, 0.5) is 0 Å². The van der Waals surface area contributed by atoms with Gasteiger partial charge < -0.3 is 10.1 Å². The van der Waals surface area contributed by atoms with Gasteiger partial charge in [-0.15, -0.1) is 0 Å². The number of thiophene rings is 1. The molecular weight excluding hydrogens is 254 g/mol. The molecule has 0 saturated heterocycles. The number of nitrogens with one attached hydrogen (secondary N) is 1. The fraction of sp³-hybridized carbons (Fsp3) is 0.375. The maximum absolute atomic E-state index is 5.55. The van der Waals surface area contributed by atoms with E-state index >= 15 is 0 Å². The van der Waals surface area contributed by atoms with Crippen molar-refractivity contribution < 1.29 is 4.74 Å². The van der Waals surface area contributed by atoms with Gasteiger partial charge in [0.15, 0.2) is 0 Å². The highest BCUT2D eigenvalue weighted by Gasteiger charge is 2.17. The molecule has 1 N–H and O–H groups in total. The highest BCUT2D eigenvalue weighted by atomic mass is 32.1. The summed E-state index contributed by atoms with van der Waals surface area (Å²) in [5.74, 6) is 0.958. The first-order chi connectivity index (χ1) is 9.26. The van der Waals surface area contributed by atoms with Crippen LogP contribution in [-0.4, -0.2) is 13.7 Å². The van der Waals surface area contributed by atoms with Crippen molar-refractivity contribution in [3.63, 3.8) is 0 Å². The number of ether oxygens (including phenoxy) is 1. The molecule has 0 spiro atoms. The molecular formula is C16H21NOS. The van der Waals surface area contributed by atoms with Gasteiger partial charge in [0.2, 0.25) is 0 Å². The number of hydrogen-bond acceptors (Lipinski definition) is 3. The van der Waals surface area contributed by atoms with Crippen LogP contribution in [0.25, 0.3) is 0 Å². The lowest BCUT2D eigenvalue weighted by molar-refractivity contribution is 0.403. The monoisotopic (exact) mass is 275 g/mol. The van der Waals surface area contributed by atoms with E-state index in [1.54, 1.807) is 18.4 Å². The minimum atomic E-state index is 0.210. The van der Waals surface area contributed by atoms with Crippen molar-refractivity contribution in [3.8, 4) is 5.75 Å². The van der Waals surface area contributed by atoms with Gasteiger partial charge in [-0.3, -0.25) is 0 Å². The normalized spacial score (nSPS) is 12.4. The van der Waals surface area contributed by atoms with Crippen molar-refractivity contribution in [3.05, 3.63) is 51.7 Å². The molecule has 1 atom stereocenters. The van der Waals surface area contributed by atoms with Gasteiger partial charge in [-0.25, -0.2) is 0 Å². The molecule has 2 rings (SSSR count). The highest BCUT2D eigenvalue weighted by molar-refractivity contribution is 7.08. The second-order valence-corrected chi connectivity index (χ2v) is 5.47. The van der Waals surface area contributed by atoms with E-state index in [0.717, 1.165) is 18.7 Å². The number of hydrogen-bond donors (Lipinski definition) is 1. The van der Waals surface area contributed by atoms with Crippen molar-refractivity contribution in [1.29, 1.82) is 0 Å². The van der Waals surface area contributed by atoms with Gasteiger partial charge in [0, 0.05) is 5.56 Å². The summed E-state index contributed by atoms with van der Waals surface area (Å²) < 4.78 is 5.55. The third kappa shape index (κ3) is 3.37. The number of rotatable bonds is 6. The second kappa shape index (κ2) is 6.73. The number of aryl methyl sites for hydroxylation is 1. The minimum absolute atomic E-state index is 0.210. The molecule has 0 bridgehead atoms. The predicted molar refractivity (Wildman–Crippen MR) is 82.2 cm³/mol. The van der Waals surface area contributed by atoms with Crippen LogP contribution in [-0.2, 0) is 0 Å². The molecule has 0 aliphatic carbocycles. The smallest absolute Gasteiger partial charge is 0.124 e. The van der Waals surface area contributed by atoms with Gasteiger partial charge in [0.05, 0.1) is 13.2 Å². The van der Waals surface area contributed by atoms with Gasteiger partial charge in [-0.2, -0.15) is 11.3 Å². The van der Waals surface area contributed by atoms with Gasteiger partial charge in [-0.05, 0) is 53.9 Å². The van der Waals surface area contributed by atoms with Crippen LogP contribution in [0.15, 0.2) is 35.0 Å². The quantitative estimate of drug-likeness (QED) is 0.855. The molecule has 1 aromatic carbocycles. The Kier molecular flexibility index (Phi) is 5.00. The summed E-state index contributed by atoms with van der Waals surface area (Å²) in [7, 11) is 1.74. The van der Waals surface area contributed by atoms with Crippen LogP contribution in [0, 0.1) is 6.92 Å². The molecule has 0 aliphatic heterocycles. The lowest BCUT2D eigenvalue weighted by Crippen LogP contribution is -2.23. The second-order valence-electron chi connectivity index (χ2n) is 4.69. The van der Waals surface area contributed by atoms with E-state index in [1.165, 1.54) is 16.7 Å². The molecule has 0 saturated carbocycles. The Morgan fingerprint density at radius 2 is 2.16 bits per heavy atom. The average Bonchev–Trinajstić information content (AvgIpc) is 2.94. The molecule has 19 heavy (non-hydrogen) atoms. The van der Waals surface area contributed by atoms with E-state index in [9.17, 15) is 0 Å². The van der Waals surface area contributed by atoms with Gasteiger partial charge >= 0.3 is 0 Å². The summed E-state index contributed by atoms with van der Waals surface area (Å²) in [5, 5.41) is 7.93. The molecule has 102 valence electrons. The lowest BCUT2D eigenvalue weighted by Gasteiger charge is -2.21. The Morgan fingerprint density at radius 3 is 2.79 bits per heavy atom. The highest BCUT2D eigenvalue weighted by Crippen LogP contribution is 2.31. The van der Waals surface area contributed by atoms with Crippen molar-refractivity contribution in [2.24, 2.45) is 0 Å². The maximum atomic E-state index is 5.55. The zero-order valence-corrected chi connectivity index (χ0v) is 12.6. The summed E-state index contributed by atoms with van der Waals surface area (Å²) in [6.45, 7) is 5.27. The van der Waals surface area contributed by atoms with E-state index in [1.807, 2.05) is 0 Å². The third-order valence-electron chi connectivity index (χ3n) is 3.17. The van der Waals surface area contributed by atoms with Crippen LogP contribution < -0.4 is 10.1 Å². The van der Waals surface area contributed by atoms with Crippen molar-refractivity contribution in [1.82, 2.24) is 5.32 Å². The number of benzene rings is 1. The van der Waals surface area contributed by atoms with E-state index in [4.69, 9.17) is 4.74 Å². The minimum Gasteiger partial charge on any atom is -0.496 e. The van der Waals surface area contributed by atoms with Crippen LogP contribution in [0.2, 0.25) is 0 Å². The van der Waals surface area contributed by atoms with Crippen molar-refractivity contribution in [2.45, 2.75) is 26.3 Å². The Labute approximate surface area is 119 Å². The largest absolute Gasteiger partial charge is 0.496 e. The first kappa shape index (κ1) is 14.1. The van der Waals surface area contributed by atoms with Gasteiger partial charge in [-0.1, -0.05) is 19.1 Å². The summed E-state index contributed by atoms with van der Waals surface area (Å²) in [5.41, 5.74) is 3.74.